The number of aromatic amines is 1. The minimum absolute atomic E-state index is 0.0862. The molecule has 0 saturated carbocycles. The summed E-state index contributed by atoms with van der Waals surface area (Å²) < 4.78 is 11.8. The van der Waals surface area contributed by atoms with Crippen LogP contribution in [0.15, 0.2) is 82.4 Å². The van der Waals surface area contributed by atoms with E-state index in [9.17, 15) is 14.4 Å². The van der Waals surface area contributed by atoms with Crippen LogP contribution in [0, 0.1) is 0 Å². The smallest absolute Gasteiger partial charge is 0.352 e. The number of hydrogen-bond donors (Lipinski definition) is 2. The van der Waals surface area contributed by atoms with Crippen molar-refractivity contribution in [3.8, 4) is 11.5 Å². The van der Waals surface area contributed by atoms with E-state index in [0.29, 0.717) is 27.8 Å². The predicted molar refractivity (Wildman–Crippen MR) is 127 cm³/mol. The first-order valence-corrected chi connectivity index (χ1v) is 10.5. The van der Waals surface area contributed by atoms with Crippen molar-refractivity contribution >= 4 is 29.2 Å². The standard InChI is InChI=1S/C24H19ClN4O5/c1-33-21(30)16-3-2-4-20(13-16)34-19-11-9-18(10-12-19)26-22-27-23(31)28-24(32)29(22)14-15-5-7-17(25)8-6-15/h2-13H,14H2,1H3,(H2,26,27,28,31,32). The van der Waals surface area contributed by atoms with Crippen molar-refractivity contribution in [2.45, 2.75) is 6.54 Å². The number of halogens is 1. The second-order valence-corrected chi connectivity index (χ2v) is 7.59. The lowest BCUT2D eigenvalue weighted by Gasteiger charge is -2.13. The molecule has 4 rings (SSSR count). The summed E-state index contributed by atoms with van der Waals surface area (Å²) in [5.74, 6) is 0.616. The van der Waals surface area contributed by atoms with Crippen LogP contribution in [0.2, 0.25) is 5.02 Å². The number of anilines is 2. The number of nitrogens with one attached hydrogen (secondary N) is 2. The third kappa shape index (κ3) is 5.51. The van der Waals surface area contributed by atoms with Crippen molar-refractivity contribution in [3.05, 3.63) is 110 Å². The van der Waals surface area contributed by atoms with Crippen molar-refractivity contribution in [1.29, 1.82) is 0 Å². The summed E-state index contributed by atoms with van der Waals surface area (Å²) in [6.07, 6.45) is 0. The third-order valence-corrected chi connectivity index (χ3v) is 5.03. The molecule has 0 saturated heterocycles. The van der Waals surface area contributed by atoms with Gasteiger partial charge in [0.1, 0.15) is 11.5 Å². The maximum absolute atomic E-state index is 12.4. The van der Waals surface area contributed by atoms with Crippen LogP contribution in [0.25, 0.3) is 0 Å². The molecule has 172 valence electrons. The molecule has 0 spiro atoms. The SMILES string of the molecule is COC(=O)c1cccc(Oc2ccc(Nc3nc(=O)[nH]c(=O)n3Cc3ccc(Cl)cc3)cc2)c1. The Morgan fingerprint density at radius 2 is 1.76 bits per heavy atom. The number of rotatable bonds is 7. The van der Waals surface area contributed by atoms with Crippen LogP contribution in [0.5, 0.6) is 11.5 Å². The predicted octanol–water partition coefficient (Wildman–Crippen LogP) is 3.96. The van der Waals surface area contributed by atoms with Crippen LogP contribution in [0.1, 0.15) is 15.9 Å². The van der Waals surface area contributed by atoms with Gasteiger partial charge < -0.3 is 14.8 Å². The highest BCUT2D eigenvalue weighted by Gasteiger charge is 2.10. The van der Waals surface area contributed by atoms with E-state index in [1.807, 2.05) is 0 Å². The second-order valence-electron chi connectivity index (χ2n) is 7.15. The highest BCUT2D eigenvalue weighted by molar-refractivity contribution is 6.30. The van der Waals surface area contributed by atoms with Gasteiger partial charge in [-0.2, -0.15) is 4.98 Å². The number of methoxy groups -OCH3 is 1. The molecule has 0 unspecified atom stereocenters. The number of H-pyrrole nitrogens is 1. The normalized spacial score (nSPS) is 10.5. The van der Waals surface area contributed by atoms with E-state index in [-0.39, 0.29) is 12.5 Å². The Morgan fingerprint density at radius 1 is 1.03 bits per heavy atom. The van der Waals surface area contributed by atoms with E-state index in [4.69, 9.17) is 21.1 Å². The van der Waals surface area contributed by atoms with E-state index in [1.54, 1.807) is 72.8 Å². The first-order valence-electron chi connectivity index (χ1n) is 10.1. The number of ether oxygens (including phenoxy) is 2. The molecular formula is C24H19ClN4O5. The third-order valence-electron chi connectivity index (χ3n) is 4.78. The van der Waals surface area contributed by atoms with Crippen LogP contribution in [0.3, 0.4) is 0 Å². The molecule has 4 aromatic rings. The van der Waals surface area contributed by atoms with Gasteiger partial charge in [0.25, 0.3) is 0 Å². The molecule has 0 aliphatic heterocycles. The number of nitrogens with zero attached hydrogens (tertiary/aromatic N) is 2. The number of benzene rings is 3. The molecule has 9 nitrogen and oxygen atoms in total. The molecule has 10 heteroatoms. The average molecular weight is 479 g/mol. The summed E-state index contributed by atoms with van der Waals surface area (Å²) >= 11 is 5.93. The fourth-order valence-electron chi connectivity index (χ4n) is 3.13. The Kier molecular flexibility index (Phi) is 6.74. The molecule has 0 fully saturated rings. The fraction of sp³-hybridized carbons (Fsp3) is 0.0833. The lowest BCUT2D eigenvalue weighted by atomic mass is 10.2. The maximum Gasteiger partial charge on any atom is 0.352 e. The zero-order valence-corrected chi connectivity index (χ0v) is 18.7. The van der Waals surface area contributed by atoms with Gasteiger partial charge in [0, 0.05) is 10.7 Å². The molecular weight excluding hydrogens is 460 g/mol. The van der Waals surface area contributed by atoms with E-state index in [0.717, 1.165) is 5.56 Å². The Balaban J connectivity index is 1.53. The van der Waals surface area contributed by atoms with Crippen molar-refractivity contribution in [2.75, 3.05) is 12.4 Å². The topological polar surface area (TPSA) is 115 Å². The summed E-state index contributed by atoms with van der Waals surface area (Å²) in [6, 6.07) is 20.4. The molecule has 0 amide bonds. The highest BCUT2D eigenvalue weighted by atomic mass is 35.5. The van der Waals surface area contributed by atoms with Gasteiger partial charge in [-0.25, -0.2) is 14.4 Å². The Bertz CT molecular complexity index is 1430. The number of carbonyl (C=O) groups excluding carboxylic acids is 1. The Labute approximate surface area is 198 Å². The van der Waals surface area contributed by atoms with Crippen molar-refractivity contribution < 1.29 is 14.3 Å². The number of aromatic nitrogens is 3. The quantitative estimate of drug-likeness (QED) is 0.386. The van der Waals surface area contributed by atoms with E-state index in [2.05, 4.69) is 15.3 Å². The average Bonchev–Trinajstić information content (AvgIpc) is 2.83. The number of hydrogen-bond acceptors (Lipinski definition) is 7. The van der Waals surface area contributed by atoms with Crippen LogP contribution >= 0.6 is 11.6 Å². The van der Waals surface area contributed by atoms with Crippen molar-refractivity contribution in [2.24, 2.45) is 0 Å². The van der Waals surface area contributed by atoms with Crippen LogP contribution in [0.4, 0.5) is 11.6 Å². The van der Waals surface area contributed by atoms with E-state index < -0.39 is 17.3 Å². The first-order chi connectivity index (χ1) is 16.4. The minimum atomic E-state index is -0.759. The Morgan fingerprint density at radius 3 is 2.47 bits per heavy atom. The largest absolute Gasteiger partial charge is 0.465 e. The maximum atomic E-state index is 12.4. The van der Waals surface area contributed by atoms with E-state index >= 15 is 0 Å². The van der Waals surface area contributed by atoms with Crippen LogP contribution in [-0.4, -0.2) is 27.6 Å². The lowest BCUT2D eigenvalue weighted by molar-refractivity contribution is 0.0600. The molecule has 0 atom stereocenters. The molecule has 0 aliphatic carbocycles. The van der Waals surface area contributed by atoms with Crippen molar-refractivity contribution in [3.63, 3.8) is 0 Å². The molecule has 3 aromatic carbocycles. The molecule has 0 radical (unpaired) electrons. The number of carbonyl (C=O) groups is 1. The van der Waals surface area contributed by atoms with Crippen LogP contribution in [-0.2, 0) is 11.3 Å². The number of esters is 1. The monoisotopic (exact) mass is 478 g/mol. The molecule has 0 aliphatic rings. The van der Waals surface area contributed by atoms with Gasteiger partial charge in [-0.05, 0) is 60.2 Å². The lowest BCUT2D eigenvalue weighted by Crippen LogP contribution is -2.34. The van der Waals surface area contributed by atoms with Gasteiger partial charge >= 0.3 is 17.3 Å². The van der Waals surface area contributed by atoms with Gasteiger partial charge in [0.05, 0.1) is 19.2 Å². The van der Waals surface area contributed by atoms with Gasteiger partial charge in [-0.3, -0.25) is 9.55 Å². The minimum Gasteiger partial charge on any atom is -0.465 e. The van der Waals surface area contributed by atoms with Crippen LogP contribution < -0.4 is 21.4 Å². The van der Waals surface area contributed by atoms with Gasteiger partial charge in [-0.1, -0.05) is 29.8 Å². The van der Waals surface area contributed by atoms with Gasteiger partial charge in [0.2, 0.25) is 5.95 Å². The zero-order chi connectivity index (χ0) is 24.1. The summed E-state index contributed by atoms with van der Waals surface area (Å²) in [6.45, 7) is 0.180. The molecule has 1 aromatic heterocycles. The summed E-state index contributed by atoms with van der Waals surface area (Å²) in [5.41, 5.74) is 0.407. The fourth-order valence-corrected chi connectivity index (χ4v) is 3.26. The highest BCUT2D eigenvalue weighted by Crippen LogP contribution is 2.25. The summed E-state index contributed by atoms with van der Waals surface area (Å²) in [7, 11) is 1.31. The van der Waals surface area contributed by atoms with Gasteiger partial charge in [-0.15, -0.1) is 0 Å². The molecule has 1 heterocycles. The molecule has 34 heavy (non-hydrogen) atoms. The first kappa shape index (κ1) is 22.8. The summed E-state index contributed by atoms with van der Waals surface area (Å²) in [4.78, 5) is 42.0. The Hall–Kier alpha value is -4.37. The second kappa shape index (κ2) is 10.1. The van der Waals surface area contributed by atoms with Gasteiger partial charge in [0.15, 0.2) is 0 Å². The molecule has 0 bridgehead atoms. The van der Waals surface area contributed by atoms with E-state index in [1.165, 1.54) is 11.7 Å². The molecule has 2 N–H and O–H groups in total. The summed E-state index contributed by atoms with van der Waals surface area (Å²) in [5, 5.41) is 3.57. The zero-order valence-electron chi connectivity index (χ0n) is 17.9. The van der Waals surface area contributed by atoms with Crippen molar-refractivity contribution in [1.82, 2.24) is 14.5 Å².